The highest BCUT2D eigenvalue weighted by atomic mass is 35.5. The predicted molar refractivity (Wildman–Crippen MR) is 123 cm³/mol. The predicted octanol–water partition coefficient (Wildman–Crippen LogP) is 4.86. The van der Waals surface area contributed by atoms with Gasteiger partial charge in [0.05, 0.1) is 6.04 Å². The van der Waals surface area contributed by atoms with Crippen LogP contribution in [0.25, 0.3) is 0 Å². The molecule has 31 heavy (non-hydrogen) atoms. The van der Waals surface area contributed by atoms with Crippen LogP contribution in [0.2, 0.25) is 5.02 Å². The molecule has 0 radical (unpaired) electrons. The number of likely N-dealkylation sites (tertiary alicyclic amines) is 1. The van der Waals surface area contributed by atoms with Crippen LogP contribution in [0.5, 0.6) is 0 Å². The van der Waals surface area contributed by atoms with Crippen LogP contribution in [-0.2, 0) is 17.8 Å². The molecule has 2 aromatic carbocycles. The molecule has 2 unspecified atom stereocenters. The summed E-state index contributed by atoms with van der Waals surface area (Å²) in [6.45, 7) is 3.21. The maximum atomic E-state index is 13.2. The normalized spacial score (nSPS) is 20.3. The lowest BCUT2D eigenvalue weighted by atomic mass is 9.87. The van der Waals surface area contributed by atoms with Gasteiger partial charge >= 0.3 is 6.03 Å². The van der Waals surface area contributed by atoms with Crippen LogP contribution in [0.4, 0.5) is 4.79 Å². The number of nitrogens with zero attached hydrogens (tertiary/aromatic N) is 2. The van der Waals surface area contributed by atoms with E-state index in [4.69, 9.17) is 11.6 Å². The number of halogens is 1. The second kappa shape index (κ2) is 9.31. The van der Waals surface area contributed by atoms with Gasteiger partial charge in [-0.05, 0) is 67.9 Å². The van der Waals surface area contributed by atoms with Gasteiger partial charge in [-0.3, -0.25) is 4.79 Å². The molecule has 2 aromatic rings. The molecule has 1 fully saturated rings. The maximum Gasteiger partial charge on any atom is 0.318 e. The molecule has 164 valence electrons. The first kappa shape index (κ1) is 21.7. The number of likely N-dealkylation sites (N-methyl/N-ethyl adjacent to an activating group) is 1. The Hall–Kier alpha value is -2.53. The van der Waals surface area contributed by atoms with Crippen LogP contribution in [0.1, 0.15) is 54.0 Å². The van der Waals surface area contributed by atoms with Gasteiger partial charge in [-0.2, -0.15) is 0 Å². The lowest BCUT2D eigenvalue weighted by Gasteiger charge is -2.32. The molecular weight excluding hydrogens is 410 g/mol. The molecule has 1 N–H and O–H groups in total. The van der Waals surface area contributed by atoms with Gasteiger partial charge in [0.15, 0.2) is 0 Å². The van der Waals surface area contributed by atoms with Crippen LogP contribution >= 0.6 is 11.6 Å². The lowest BCUT2D eigenvalue weighted by molar-refractivity contribution is -0.134. The minimum atomic E-state index is -0.404. The fraction of sp³-hybridized carbons (Fsp3) is 0.440. The average Bonchev–Trinajstić information content (AvgIpc) is 3.24. The van der Waals surface area contributed by atoms with Gasteiger partial charge in [0, 0.05) is 25.2 Å². The minimum Gasteiger partial charge on any atom is -0.340 e. The number of nitrogens with one attached hydrogen (secondary N) is 1. The Morgan fingerprint density at radius 2 is 1.90 bits per heavy atom. The van der Waals surface area contributed by atoms with E-state index in [2.05, 4.69) is 30.4 Å². The van der Waals surface area contributed by atoms with Gasteiger partial charge < -0.3 is 15.1 Å². The van der Waals surface area contributed by atoms with Crippen LogP contribution in [-0.4, -0.2) is 41.4 Å². The van der Waals surface area contributed by atoms with Gasteiger partial charge in [-0.1, -0.05) is 47.5 Å². The first-order chi connectivity index (χ1) is 14.9. The molecule has 2 atom stereocenters. The zero-order chi connectivity index (χ0) is 22.0. The summed E-state index contributed by atoms with van der Waals surface area (Å²) >= 11 is 5.96. The smallest absolute Gasteiger partial charge is 0.318 e. The van der Waals surface area contributed by atoms with Gasteiger partial charge in [0.25, 0.3) is 0 Å². The summed E-state index contributed by atoms with van der Waals surface area (Å²) in [5.74, 6) is -0.0118. The first-order valence-electron chi connectivity index (χ1n) is 11.1. The highest BCUT2D eigenvalue weighted by Gasteiger charge is 2.36. The molecule has 1 saturated heterocycles. The second-order valence-corrected chi connectivity index (χ2v) is 9.21. The third-order valence-electron chi connectivity index (χ3n) is 6.42. The Balaban J connectivity index is 1.41. The number of carbonyl (C=O) groups is 2. The Morgan fingerprint density at radius 1 is 1.13 bits per heavy atom. The van der Waals surface area contributed by atoms with E-state index in [-0.39, 0.29) is 18.0 Å². The summed E-state index contributed by atoms with van der Waals surface area (Å²) in [5, 5.41) is 3.89. The van der Waals surface area contributed by atoms with Crippen molar-refractivity contribution in [3.8, 4) is 0 Å². The van der Waals surface area contributed by atoms with Gasteiger partial charge in [-0.25, -0.2) is 4.79 Å². The van der Waals surface area contributed by atoms with Crippen LogP contribution in [0, 0.1) is 6.92 Å². The number of carbonyl (C=O) groups excluding carboxylic acids is 2. The summed E-state index contributed by atoms with van der Waals surface area (Å²) in [6, 6.07) is 13.5. The minimum absolute atomic E-state index is 0.0118. The van der Waals surface area contributed by atoms with E-state index in [1.54, 1.807) is 16.8 Å². The van der Waals surface area contributed by atoms with E-state index >= 15 is 0 Å². The molecule has 1 aliphatic heterocycles. The number of rotatable bonds is 4. The van der Waals surface area contributed by atoms with Crippen molar-refractivity contribution < 1.29 is 9.59 Å². The van der Waals surface area contributed by atoms with Crippen molar-refractivity contribution in [2.24, 2.45) is 0 Å². The van der Waals surface area contributed by atoms with Crippen molar-refractivity contribution in [2.45, 2.75) is 57.7 Å². The van der Waals surface area contributed by atoms with E-state index < -0.39 is 6.04 Å². The van der Waals surface area contributed by atoms with Crippen molar-refractivity contribution in [3.63, 3.8) is 0 Å². The summed E-state index contributed by atoms with van der Waals surface area (Å²) < 4.78 is 0. The fourth-order valence-corrected chi connectivity index (χ4v) is 4.91. The topological polar surface area (TPSA) is 52.7 Å². The van der Waals surface area contributed by atoms with Crippen molar-refractivity contribution in [1.29, 1.82) is 0 Å². The molecule has 2 aliphatic rings. The standard InChI is InChI=1S/C25H30ClN3O2/c1-17-8-13-21-19(15-17)5-3-6-22(21)27-25(31)29-14-4-7-23(29)24(30)28(2)16-18-9-11-20(26)12-10-18/h8-13,15,22-23H,3-7,14,16H2,1-2H3,(H,27,31). The SMILES string of the molecule is Cc1ccc2c(c1)CCCC2NC(=O)N1CCCC1C(=O)N(C)Cc1ccc(Cl)cc1. The van der Waals surface area contributed by atoms with E-state index in [9.17, 15) is 9.59 Å². The average molecular weight is 440 g/mol. The number of hydrogen-bond acceptors (Lipinski definition) is 2. The molecule has 0 spiro atoms. The zero-order valence-electron chi connectivity index (χ0n) is 18.2. The lowest BCUT2D eigenvalue weighted by Crippen LogP contribution is -2.50. The molecule has 0 aromatic heterocycles. The molecule has 5 nitrogen and oxygen atoms in total. The molecule has 1 aliphatic carbocycles. The third kappa shape index (κ3) is 4.87. The highest BCUT2D eigenvalue weighted by Crippen LogP contribution is 2.31. The zero-order valence-corrected chi connectivity index (χ0v) is 19.0. The van der Waals surface area contributed by atoms with Crippen molar-refractivity contribution in [2.75, 3.05) is 13.6 Å². The molecule has 1 heterocycles. The largest absolute Gasteiger partial charge is 0.340 e. The van der Waals surface area contributed by atoms with E-state index in [0.717, 1.165) is 31.2 Å². The maximum absolute atomic E-state index is 13.2. The second-order valence-electron chi connectivity index (χ2n) is 8.77. The number of urea groups is 1. The Morgan fingerprint density at radius 3 is 2.68 bits per heavy atom. The fourth-order valence-electron chi connectivity index (χ4n) is 4.79. The number of benzene rings is 2. The van der Waals surface area contributed by atoms with E-state index in [1.165, 1.54) is 16.7 Å². The molecule has 0 bridgehead atoms. The molecule has 6 heteroatoms. The summed E-state index contributed by atoms with van der Waals surface area (Å²) in [4.78, 5) is 29.7. The van der Waals surface area contributed by atoms with Crippen LogP contribution in [0.3, 0.4) is 0 Å². The highest BCUT2D eigenvalue weighted by molar-refractivity contribution is 6.30. The van der Waals surface area contributed by atoms with E-state index in [1.807, 2.05) is 24.3 Å². The quantitative estimate of drug-likeness (QED) is 0.739. The molecule has 0 saturated carbocycles. The van der Waals surface area contributed by atoms with Gasteiger partial charge in [0.2, 0.25) is 5.91 Å². The first-order valence-corrected chi connectivity index (χ1v) is 11.5. The molecule has 4 rings (SSSR count). The number of fused-ring (bicyclic) bond motifs is 1. The molecular formula is C25H30ClN3O2. The third-order valence-corrected chi connectivity index (χ3v) is 6.67. The Bertz CT molecular complexity index is 960. The monoisotopic (exact) mass is 439 g/mol. The van der Waals surface area contributed by atoms with Gasteiger partial charge in [0.1, 0.15) is 6.04 Å². The van der Waals surface area contributed by atoms with Gasteiger partial charge in [-0.15, -0.1) is 0 Å². The molecule has 3 amide bonds. The number of hydrogen-bond donors (Lipinski definition) is 1. The summed E-state index contributed by atoms with van der Waals surface area (Å²) in [7, 11) is 1.80. The van der Waals surface area contributed by atoms with Crippen molar-refractivity contribution in [1.82, 2.24) is 15.1 Å². The van der Waals surface area contributed by atoms with Crippen molar-refractivity contribution in [3.05, 3.63) is 69.7 Å². The van der Waals surface area contributed by atoms with E-state index in [0.29, 0.717) is 24.5 Å². The number of aryl methyl sites for hydroxylation is 2. The van der Waals surface area contributed by atoms with Crippen LogP contribution < -0.4 is 5.32 Å². The summed E-state index contributed by atoms with van der Waals surface area (Å²) in [5.41, 5.74) is 4.81. The Labute approximate surface area is 189 Å². The number of amides is 3. The van der Waals surface area contributed by atoms with Crippen molar-refractivity contribution >= 4 is 23.5 Å². The van der Waals surface area contributed by atoms with Crippen LogP contribution in [0.15, 0.2) is 42.5 Å². The Kier molecular flexibility index (Phi) is 6.51. The summed E-state index contributed by atoms with van der Waals surface area (Å²) in [6.07, 6.45) is 4.61.